The maximum Gasteiger partial charge on any atom is 0.252 e. The molecular formula is C16H18N4O2. The zero-order valence-electron chi connectivity index (χ0n) is 12.6. The molecule has 2 heterocycles. The Morgan fingerprint density at radius 2 is 1.95 bits per heavy atom. The van der Waals surface area contributed by atoms with E-state index in [9.17, 15) is 9.59 Å². The van der Waals surface area contributed by atoms with E-state index in [1.54, 1.807) is 18.2 Å². The zero-order valence-corrected chi connectivity index (χ0v) is 12.6. The van der Waals surface area contributed by atoms with E-state index in [4.69, 9.17) is 0 Å². The Balaban J connectivity index is 1.84. The molecule has 6 heteroatoms. The first-order valence-corrected chi connectivity index (χ1v) is 7.38. The topological polar surface area (TPSA) is 84.0 Å². The van der Waals surface area contributed by atoms with Crippen molar-refractivity contribution in [2.24, 2.45) is 0 Å². The van der Waals surface area contributed by atoms with E-state index in [1.165, 1.54) is 0 Å². The summed E-state index contributed by atoms with van der Waals surface area (Å²) in [5.74, 6) is -0.379. The Bertz CT molecular complexity index is 757. The summed E-state index contributed by atoms with van der Waals surface area (Å²) in [6.07, 6.45) is 1.54. The summed E-state index contributed by atoms with van der Waals surface area (Å²) in [7, 11) is 0. The van der Waals surface area contributed by atoms with Crippen LogP contribution in [0.5, 0.6) is 0 Å². The Hall–Kier alpha value is -2.50. The zero-order chi connectivity index (χ0) is 15.7. The molecule has 0 saturated carbocycles. The first kappa shape index (κ1) is 14.4. The molecule has 0 spiro atoms. The summed E-state index contributed by atoms with van der Waals surface area (Å²) < 4.78 is 0. The third-order valence-corrected chi connectivity index (χ3v) is 3.93. The number of aromatic nitrogens is 2. The van der Waals surface area contributed by atoms with Gasteiger partial charge in [-0.05, 0) is 44.9 Å². The van der Waals surface area contributed by atoms with Gasteiger partial charge in [-0.2, -0.15) is 0 Å². The number of benzene rings is 1. The second-order valence-corrected chi connectivity index (χ2v) is 5.56. The molecule has 0 bridgehead atoms. The Kier molecular flexibility index (Phi) is 3.75. The van der Waals surface area contributed by atoms with Crippen LogP contribution < -0.4 is 10.6 Å². The van der Waals surface area contributed by atoms with Gasteiger partial charge in [-0.15, -0.1) is 0 Å². The molecule has 2 amide bonds. The van der Waals surface area contributed by atoms with Gasteiger partial charge >= 0.3 is 0 Å². The lowest BCUT2D eigenvalue weighted by atomic mass is 10.1. The number of hydrogen-bond acceptors (Lipinski definition) is 4. The Morgan fingerprint density at radius 1 is 1.23 bits per heavy atom. The van der Waals surface area contributed by atoms with E-state index < -0.39 is 6.04 Å². The smallest absolute Gasteiger partial charge is 0.252 e. The minimum atomic E-state index is -0.456. The van der Waals surface area contributed by atoms with Gasteiger partial charge in [-0.1, -0.05) is 0 Å². The highest BCUT2D eigenvalue weighted by atomic mass is 16.2. The number of nitrogens with zero attached hydrogens (tertiary/aromatic N) is 2. The minimum Gasteiger partial charge on any atom is -0.354 e. The number of nitrogens with one attached hydrogen (secondary N) is 2. The van der Waals surface area contributed by atoms with Crippen molar-refractivity contribution in [3.63, 3.8) is 0 Å². The second-order valence-electron chi connectivity index (χ2n) is 5.56. The summed E-state index contributed by atoms with van der Waals surface area (Å²) in [5.41, 5.74) is 3.66. The van der Waals surface area contributed by atoms with Crippen LogP contribution in [0.3, 0.4) is 0 Å². The van der Waals surface area contributed by atoms with Crippen LogP contribution in [-0.2, 0) is 4.79 Å². The average molecular weight is 298 g/mol. The number of aryl methyl sites for hydroxylation is 2. The molecule has 1 fully saturated rings. The fraction of sp³-hybridized carbons (Fsp3) is 0.375. The minimum absolute atomic E-state index is 0.119. The molecule has 114 valence electrons. The highest BCUT2D eigenvalue weighted by molar-refractivity contribution is 5.99. The van der Waals surface area contributed by atoms with Crippen molar-refractivity contribution >= 4 is 22.8 Å². The first-order valence-electron chi connectivity index (χ1n) is 7.38. The molecule has 22 heavy (non-hydrogen) atoms. The van der Waals surface area contributed by atoms with Gasteiger partial charge < -0.3 is 10.6 Å². The van der Waals surface area contributed by atoms with E-state index >= 15 is 0 Å². The van der Waals surface area contributed by atoms with Gasteiger partial charge in [0.1, 0.15) is 6.04 Å². The van der Waals surface area contributed by atoms with Crippen LogP contribution in [0.1, 0.15) is 34.6 Å². The summed E-state index contributed by atoms with van der Waals surface area (Å²) in [6.45, 7) is 4.47. The lowest BCUT2D eigenvalue weighted by molar-refractivity contribution is -0.124. The first-order chi connectivity index (χ1) is 10.5. The summed E-state index contributed by atoms with van der Waals surface area (Å²) in [4.78, 5) is 32.9. The van der Waals surface area contributed by atoms with Crippen LogP contribution in [-0.4, -0.2) is 34.4 Å². The van der Waals surface area contributed by atoms with Gasteiger partial charge in [-0.3, -0.25) is 9.59 Å². The molecule has 1 aromatic heterocycles. The standard InChI is InChI=1S/C16H18N4O2/c1-9-10(2)19-14-8-11(5-6-12(14)18-9)15(21)20-13-4-3-7-17-16(13)22/h5-6,8,13H,3-4,7H2,1-2H3,(H,17,22)(H,20,21)/t13-/m0/s1. The molecule has 1 atom stereocenters. The maximum absolute atomic E-state index is 12.3. The fourth-order valence-electron chi connectivity index (χ4n) is 2.52. The molecule has 1 aliphatic rings. The largest absolute Gasteiger partial charge is 0.354 e. The van der Waals surface area contributed by atoms with E-state index in [0.29, 0.717) is 24.0 Å². The molecule has 2 aromatic rings. The van der Waals surface area contributed by atoms with Gasteiger partial charge in [-0.25, -0.2) is 9.97 Å². The van der Waals surface area contributed by atoms with Crippen molar-refractivity contribution in [1.29, 1.82) is 0 Å². The average Bonchev–Trinajstić information content (AvgIpc) is 2.50. The number of amides is 2. The van der Waals surface area contributed by atoms with E-state index in [1.807, 2.05) is 13.8 Å². The number of carbonyl (C=O) groups is 2. The van der Waals surface area contributed by atoms with Crippen LogP contribution >= 0.6 is 0 Å². The highest BCUT2D eigenvalue weighted by Gasteiger charge is 2.24. The van der Waals surface area contributed by atoms with Crippen LogP contribution in [0.4, 0.5) is 0 Å². The predicted molar refractivity (Wildman–Crippen MR) is 82.5 cm³/mol. The van der Waals surface area contributed by atoms with Gasteiger partial charge in [0, 0.05) is 12.1 Å². The Morgan fingerprint density at radius 3 is 2.68 bits per heavy atom. The van der Waals surface area contributed by atoms with Gasteiger partial charge in [0.25, 0.3) is 5.91 Å². The maximum atomic E-state index is 12.3. The molecule has 0 unspecified atom stereocenters. The Labute approximate surface area is 128 Å². The van der Waals surface area contributed by atoms with Gasteiger partial charge in [0.2, 0.25) is 5.91 Å². The number of hydrogen-bond donors (Lipinski definition) is 2. The fourth-order valence-corrected chi connectivity index (χ4v) is 2.52. The molecule has 1 saturated heterocycles. The van der Waals surface area contributed by atoms with Crippen LogP contribution in [0, 0.1) is 13.8 Å². The van der Waals surface area contributed by atoms with Crippen molar-refractivity contribution in [1.82, 2.24) is 20.6 Å². The van der Waals surface area contributed by atoms with Gasteiger partial charge in [0.15, 0.2) is 0 Å². The van der Waals surface area contributed by atoms with Crippen LogP contribution in [0.15, 0.2) is 18.2 Å². The number of rotatable bonds is 2. The molecule has 1 aliphatic heterocycles. The van der Waals surface area contributed by atoms with Crippen molar-refractivity contribution < 1.29 is 9.59 Å². The second kappa shape index (κ2) is 5.71. The quantitative estimate of drug-likeness (QED) is 0.874. The molecule has 6 nitrogen and oxygen atoms in total. The van der Waals surface area contributed by atoms with Crippen molar-refractivity contribution in [3.8, 4) is 0 Å². The van der Waals surface area contributed by atoms with Crippen molar-refractivity contribution in [2.75, 3.05) is 6.54 Å². The van der Waals surface area contributed by atoms with Gasteiger partial charge in [0.05, 0.1) is 22.4 Å². The normalized spacial score (nSPS) is 18.1. The molecular weight excluding hydrogens is 280 g/mol. The summed E-state index contributed by atoms with van der Waals surface area (Å²) >= 11 is 0. The molecule has 2 N–H and O–H groups in total. The molecule has 0 aliphatic carbocycles. The summed E-state index contributed by atoms with van der Waals surface area (Å²) in [6, 6.07) is 4.75. The van der Waals surface area contributed by atoms with Crippen LogP contribution in [0.25, 0.3) is 11.0 Å². The lowest BCUT2D eigenvalue weighted by Gasteiger charge is -2.22. The lowest BCUT2D eigenvalue weighted by Crippen LogP contribution is -2.50. The number of carbonyl (C=O) groups excluding carboxylic acids is 2. The third-order valence-electron chi connectivity index (χ3n) is 3.93. The third kappa shape index (κ3) is 2.77. The van der Waals surface area contributed by atoms with E-state index in [0.717, 1.165) is 23.3 Å². The van der Waals surface area contributed by atoms with Crippen molar-refractivity contribution in [2.45, 2.75) is 32.7 Å². The highest BCUT2D eigenvalue weighted by Crippen LogP contribution is 2.15. The summed E-state index contributed by atoms with van der Waals surface area (Å²) in [5, 5.41) is 5.53. The van der Waals surface area contributed by atoms with Crippen LogP contribution in [0.2, 0.25) is 0 Å². The molecule has 3 rings (SSSR count). The molecule has 1 aromatic carbocycles. The number of piperidine rings is 1. The van der Waals surface area contributed by atoms with E-state index in [-0.39, 0.29) is 11.8 Å². The van der Waals surface area contributed by atoms with E-state index in [2.05, 4.69) is 20.6 Å². The molecule has 0 radical (unpaired) electrons. The SMILES string of the molecule is Cc1nc2ccc(C(=O)N[C@H]3CCCNC3=O)cc2nc1C. The monoisotopic (exact) mass is 298 g/mol. The van der Waals surface area contributed by atoms with Crippen molar-refractivity contribution in [3.05, 3.63) is 35.2 Å². The number of fused-ring (bicyclic) bond motifs is 1. The predicted octanol–water partition coefficient (Wildman–Crippen LogP) is 1.26.